The highest BCUT2D eigenvalue weighted by atomic mass is 35.5. The zero-order chi connectivity index (χ0) is 18.4. The Morgan fingerprint density at radius 3 is 2.36 bits per heavy atom. The quantitative estimate of drug-likeness (QED) is 0.771. The van der Waals surface area contributed by atoms with Crippen LogP contribution in [0.3, 0.4) is 0 Å². The molecule has 1 unspecified atom stereocenters. The Bertz CT molecular complexity index is 696. The first-order chi connectivity index (χ1) is 11.8. The van der Waals surface area contributed by atoms with Crippen LogP contribution in [0.25, 0.3) is 0 Å². The van der Waals surface area contributed by atoms with Crippen LogP contribution in [0.2, 0.25) is 5.02 Å². The summed E-state index contributed by atoms with van der Waals surface area (Å²) in [6.07, 6.45) is 1.62. The molecule has 2 N–H and O–H groups in total. The average Bonchev–Trinajstić information content (AvgIpc) is 2.56. The van der Waals surface area contributed by atoms with Gasteiger partial charge in [0, 0.05) is 11.1 Å². The monoisotopic (exact) mass is 361 g/mol. The average molecular weight is 362 g/mol. The summed E-state index contributed by atoms with van der Waals surface area (Å²) in [4.78, 5) is 12.5. The molecule has 2 aromatic rings. The number of aryl methyl sites for hydroxylation is 1. The van der Waals surface area contributed by atoms with Gasteiger partial charge >= 0.3 is 0 Å². The molecular formula is C20H24ClNO3. The van der Waals surface area contributed by atoms with Crippen LogP contribution >= 0.6 is 11.6 Å². The summed E-state index contributed by atoms with van der Waals surface area (Å²) in [5.74, 6) is 0.688. The third-order valence-corrected chi connectivity index (χ3v) is 4.17. The molecule has 0 radical (unpaired) electrons. The van der Waals surface area contributed by atoms with Crippen molar-refractivity contribution >= 4 is 17.5 Å². The molecule has 0 saturated heterocycles. The van der Waals surface area contributed by atoms with E-state index in [1.165, 1.54) is 0 Å². The molecule has 25 heavy (non-hydrogen) atoms. The Kier molecular flexibility index (Phi) is 6.32. The van der Waals surface area contributed by atoms with E-state index in [9.17, 15) is 9.90 Å². The Morgan fingerprint density at radius 1 is 1.16 bits per heavy atom. The fraction of sp³-hybridized carbons (Fsp3) is 0.350. The van der Waals surface area contributed by atoms with Crippen LogP contribution in [0, 0.1) is 0 Å². The number of aromatic hydroxyl groups is 1. The van der Waals surface area contributed by atoms with Crippen molar-refractivity contribution in [2.24, 2.45) is 0 Å². The smallest absolute Gasteiger partial charge is 0.263 e. The Balaban J connectivity index is 1.85. The molecule has 2 rings (SSSR count). The lowest BCUT2D eigenvalue weighted by atomic mass is 10.0. The number of benzene rings is 2. The molecule has 0 heterocycles. The van der Waals surface area contributed by atoms with Crippen molar-refractivity contribution in [2.45, 2.75) is 45.3 Å². The maximum atomic E-state index is 12.5. The predicted molar refractivity (Wildman–Crippen MR) is 100 cm³/mol. The van der Waals surface area contributed by atoms with E-state index in [0.29, 0.717) is 10.8 Å². The summed E-state index contributed by atoms with van der Waals surface area (Å²) < 4.78 is 5.80. The first kappa shape index (κ1) is 19.1. The van der Waals surface area contributed by atoms with E-state index in [4.69, 9.17) is 16.3 Å². The number of phenols is 1. The number of carbonyl (C=O) groups is 1. The molecule has 0 fully saturated rings. The van der Waals surface area contributed by atoms with E-state index < -0.39 is 5.60 Å². The maximum absolute atomic E-state index is 12.5. The van der Waals surface area contributed by atoms with E-state index in [1.54, 1.807) is 50.2 Å². The molecule has 4 nitrogen and oxygen atoms in total. The van der Waals surface area contributed by atoms with Gasteiger partial charge in [0.2, 0.25) is 0 Å². The van der Waals surface area contributed by atoms with Gasteiger partial charge in [-0.3, -0.25) is 4.79 Å². The van der Waals surface area contributed by atoms with Crippen molar-refractivity contribution in [2.75, 3.05) is 0 Å². The van der Waals surface area contributed by atoms with Crippen molar-refractivity contribution in [3.63, 3.8) is 0 Å². The fourth-order valence-corrected chi connectivity index (χ4v) is 2.49. The van der Waals surface area contributed by atoms with Gasteiger partial charge in [0.1, 0.15) is 11.5 Å². The molecule has 0 aromatic heterocycles. The Labute approximate surface area is 153 Å². The molecule has 0 aliphatic heterocycles. The molecule has 1 amide bonds. The van der Waals surface area contributed by atoms with Crippen LogP contribution in [0.15, 0.2) is 48.5 Å². The van der Waals surface area contributed by atoms with Gasteiger partial charge < -0.3 is 15.2 Å². The van der Waals surface area contributed by atoms with Crippen molar-refractivity contribution in [1.29, 1.82) is 0 Å². The van der Waals surface area contributed by atoms with Gasteiger partial charge in [0.25, 0.3) is 5.91 Å². The lowest BCUT2D eigenvalue weighted by Crippen LogP contribution is -2.49. The highest BCUT2D eigenvalue weighted by molar-refractivity contribution is 6.30. The first-order valence-electron chi connectivity index (χ1n) is 8.30. The minimum atomic E-state index is -0.985. The molecule has 2 aromatic carbocycles. The Morgan fingerprint density at radius 2 is 1.76 bits per heavy atom. The van der Waals surface area contributed by atoms with Crippen LogP contribution in [-0.2, 0) is 11.2 Å². The van der Waals surface area contributed by atoms with Crippen LogP contribution in [-0.4, -0.2) is 22.7 Å². The van der Waals surface area contributed by atoms with Gasteiger partial charge in [-0.1, -0.05) is 23.7 Å². The van der Waals surface area contributed by atoms with E-state index in [0.717, 1.165) is 18.4 Å². The largest absolute Gasteiger partial charge is 0.508 e. The third-order valence-electron chi connectivity index (χ3n) is 3.91. The molecule has 5 heteroatoms. The summed E-state index contributed by atoms with van der Waals surface area (Å²) in [6, 6.07) is 14.1. The molecule has 0 bridgehead atoms. The van der Waals surface area contributed by atoms with Gasteiger partial charge in [-0.25, -0.2) is 0 Å². The number of hydrogen-bond acceptors (Lipinski definition) is 3. The topological polar surface area (TPSA) is 58.6 Å². The highest BCUT2D eigenvalue weighted by Crippen LogP contribution is 2.21. The van der Waals surface area contributed by atoms with E-state index in [2.05, 4.69) is 5.32 Å². The fourth-order valence-electron chi connectivity index (χ4n) is 2.36. The van der Waals surface area contributed by atoms with Gasteiger partial charge in [0.15, 0.2) is 5.60 Å². The summed E-state index contributed by atoms with van der Waals surface area (Å²) in [6.45, 7) is 5.45. The van der Waals surface area contributed by atoms with Crippen LogP contribution in [0.5, 0.6) is 11.5 Å². The summed E-state index contributed by atoms with van der Waals surface area (Å²) in [7, 11) is 0. The molecule has 0 spiro atoms. The number of carbonyl (C=O) groups excluding carboxylic acids is 1. The molecule has 0 aliphatic rings. The zero-order valence-electron chi connectivity index (χ0n) is 14.8. The molecule has 0 aliphatic carbocycles. The lowest BCUT2D eigenvalue weighted by Gasteiger charge is -2.27. The van der Waals surface area contributed by atoms with Crippen molar-refractivity contribution in [3.8, 4) is 11.5 Å². The number of halogens is 1. The number of amides is 1. The second-order valence-electron chi connectivity index (χ2n) is 6.65. The van der Waals surface area contributed by atoms with Gasteiger partial charge in [-0.2, -0.15) is 0 Å². The van der Waals surface area contributed by atoms with Crippen molar-refractivity contribution in [3.05, 3.63) is 59.1 Å². The number of nitrogens with one attached hydrogen (secondary N) is 1. The SMILES string of the molecule is CC(CCc1ccc(O)cc1)NC(=O)C(C)(C)Oc1ccc(Cl)cc1. The van der Waals surface area contributed by atoms with E-state index in [-0.39, 0.29) is 17.7 Å². The predicted octanol–water partition coefficient (Wildman–Crippen LogP) is 4.34. The standard InChI is InChI=1S/C20H24ClNO3/c1-14(4-5-15-6-10-17(23)11-7-15)22-19(24)20(2,3)25-18-12-8-16(21)9-13-18/h6-14,23H,4-5H2,1-3H3,(H,22,24). The minimum absolute atomic E-state index is 0.00870. The van der Waals surface area contributed by atoms with Gasteiger partial charge in [-0.15, -0.1) is 0 Å². The van der Waals surface area contributed by atoms with Crippen LogP contribution in [0.4, 0.5) is 0 Å². The lowest BCUT2D eigenvalue weighted by molar-refractivity contribution is -0.134. The number of rotatable bonds is 7. The third kappa shape index (κ3) is 5.98. The van der Waals surface area contributed by atoms with Crippen molar-refractivity contribution in [1.82, 2.24) is 5.32 Å². The number of hydrogen-bond donors (Lipinski definition) is 2. The normalized spacial score (nSPS) is 12.5. The summed E-state index contributed by atoms with van der Waals surface area (Å²) in [5, 5.41) is 12.9. The second kappa shape index (κ2) is 8.26. The minimum Gasteiger partial charge on any atom is -0.508 e. The van der Waals surface area contributed by atoms with Crippen LogP contribution in [0.1, 0.15) is 32.8 Å². The van der Waals surface area contributed by atoms with Gasteiger partial charge in [-0.05, 0) is 75.6 Å². The van der Waals surface area contributed by atoms with E-state index >= 15 is 0 Å². The summed E-state index contributed by atoms with van der Waals surface area (Å²) in [5.41, 5.74) is 0.135. The van der Waals surface area contributed by atoms with Gasteiger partial charge in [0.05, 0.1) is 0 Å². The Hall–Kier alpha value is -2.20. The van der Waals surface area contributed by atoms with Crippen molar-refractivity contribution < 1.29 is 14.6 Å². The highest BCUT2D eigenvalue weighted by Gasteiger charge is 2.30. The molecular weight excluding hydrogens is 338 g/mol. The first-order valence-corrected chi connectivity index (χ1v) is 8.67. The summed E-state index contributed by atoms with van der Waals surface area (Å²) >= 11 is 5.86. The number of phenolic OH excluding ortho intramolecular Hbond substituents is 1. The zero-order valence-corrected chi connectivity index (χ0v) is 15.5. The molecule has 0 saturated carbocycles. The molecule has 134 valence electrons. The second-order valence-corrected chi connectivity index (χ2v) is 7.08. The molecule has 1 atom stereocenters. The van der Waals surface area contributed by atoms with E-state index in [1.807, 2.05) is 19.1 Å². The number of ether oxygens (including phenoxy) is 1. The maximum Gasteiger partial charge on any atom is 0.263 e. The van der Waals surface area contributed by atoms with Crippen LogP contribution < -0.4 is 10.1 Å².